The first kappa shape index (κ1) is 31.2. The molecule has 4 rings (SSSR count). The average Bonchev–Trinajstić information content (AvgIpc) is 3.60. The van der Waals surface area contributed by atoms with Crippen molar-refractivity contribution in [3.8, 4) is 0 Å². The van der Waals surface area contributed by atoms with Crippen LogP contribution in [0.5, 0.6) is 0 Å². The maximum Gasteiger partial charge on any atom is 0.472 e. The Labute approximate surface area is 235 Å². The van der Waals surface area contributed by atoms with Gasteiger partial charge in [0, 0.05) is 20.8 Å². The molecule has 2 saturated heterocycles. The molecule has 6 atom stereocenters. The van der Waals surface area contributed by atoms with Crippen molar-refractivity contribution in [2.45, 2.75) is 76.8 Å². The minimum Gasteiger partial charge on any atom is -0.414 e. The molecule has 14 nitrogen and oxygen atoms in total. The number of phosphoric acid groups is 1. The van der Waals surface area contributed by atoms with E-state index in [-0.39, 0.29) is 23.9 Å². The van der Waals surface area contributed by atoms with Gasteiger partial charge in [-0.1, -0.05) is 26.8 Å². The minimum atomic E-state index is -4.04. The maximum absolute atomic E-state index is 11.5. The van der Waals surface area contributed by atoms with E-state index in [4.69, 9.17) is 27.9 Å². The Bertz CT molecular complexity index is 1250. The van der Waals surface area contributed by atoms with Crippen LogP contribution in [0.25, 0.3) is 11.2 Å². The predicted octanol–water partition coefficient (Wildman–Crippen LogP) is 3.58. The molecule has 2 aliphatic heterocycles. The van der Waals surface area contributed by atoms with Crippen LogP contribution < -0.4 is 5.32 Å². The molecule has 2 N–H and O–H groups in total. The number of hydrogen-bond acceptors (Lipinski definition) is 12. The first-order valence-corrected chi connectivity index (χ1v) is 17.4. The van der Waals surface area contributed by atoms with E-state index in [2.05, 4.69) is 58.7 Å². The molecule has 2 unspecified atom stereocenters. The van der Waals surface area contributed by atoms with E-state index >= 15 is 0 Å². The molecule has 0 spiro atoms. The van der Waals surface area contributed by atoms with Crippen LogP contribution in [0.4, 0.5) is 5.82 Å². The molecule has 0 bridgehead atoms. The number of hydrogen-bond donors (Lipinski definition) is 2. The van der Waals surface area contributed by atoms with Crippen LogP contribution in [-0.4, -0.2) is 91.5 Å². The van der Waals surface area contributed by atoms with Gasteiger partial charge in [0.2, 0.25) is 0 Å². The van der Waals surface area contributed by atoms with Crippen molar-refractivity contribution in [2.75, 3.05) is 39.3 Å². The van der Waals surface area contributed by atoms with Crippen LogP contribution in [0.1, 0.15) is 33.9 Å². The van der Waals surface area contributed by atoms with Crippen LogP contribution in [0.15, 0.2) is 24.3 Å². The molecule has 2 fully saturated rings. The molecule has 0 radical (unpaired) electrons. The van der Waals surface area contributed by atoms with Gasteiger partial charge >= 0.3 is 7.82 Å². The zero-order valence-electron chi connectivity index (χ0n) is 24.2. The second-order valence-electron chi connectivity index (χ2n) is 11.3. The fourth-order valence-electron chi connectivity index (χ4n) is 4.07. The second-order valence-corrected chi connectivity index (χ2v) is 17.6. The summed E-state index contributed by atoms with van der Waals surface area (Å²) in [7, 11) is -3.41. The van der Waals surface area contributed by atoms with Gasteiger partial charge in [0.1, 0.15) is 24.6 Å². The molecule has 2 aromatic rings. The standard InChI is InChI=1S/C24H40N5O9PSi/c1-15(11-34-39(30,31)33-6)9-10-25-20-17-21(27-13-26-20)29(14-28-17)22-19-18(37-23(32-5)38-19)16(36-22)12-35-40(7,8)24(2,3)4/h9,13-14,16,18-19,22-23H,10-12H2,1-8H3,(H,30,31)(H,25,26,27)/b15-9+/t16-,18-,19-,22-,23?/m1/s1. The highest BCUT2D eigenvalue weighted by atomic mass is 31.2. The van der Waals surface area contributed by atoms with Gasteiger partial charge in [0.05, 0.1) is 19.5 Å². The normalized spacial score (nSPS) is 27.2. The van der Waals surface area contributed by atoms with Gasteiger partial charge in [-0.05, 0) is 30.6 Å². The van der Waals surface area contributed by atoms with Crippen LogP contribution in [0.2, 0.25) is 18.1 Å². The lowest BCUT2D eigenvalue weighted by molar-refractivity contribution is -0.256. The van der Waals surface area contributed by atoms with E-state index in [0.29, 0.717) is 30.1 Å². The molecule has 0 saturated carbocycles. The number of methoxy groups -OCH3 is 1. The number of anilines is 1. The Morgan fingerprint density at radius 3 is 2.60 bits per heavy atom. The molecular weight excluding hydrogens is 561 g/mol. The number of fused-ring (bicyclic) bond motifs is 2. The van der Waals surface area contributed by atoms with Crippen LogP contribution in [0, 0.1) is 0 Å². The third kappa shape index (κ3) is 6.81. The summed E-state index contributed by atoms with van der Waals surface area (Å²) >= 11 is 0. The van der Waals surface area contributed by atoms with E-state index in [9.17, 15) is 9.46 Å². The van der Waals surface area contributed by atoms with Crippen molar-refractivity contribution in [1.82, 2.24) is 19.5 Å². The number of aromatic nitrogens is 4. The first-order chi connectivity index (χ1) is 18.8. The molecule has 16 heteroatoms. The highest BCUT2D eigenvalue weighted by molar-refractivity contribution is 7.47. The summed E-state index contributed by atoms with van der Waals surface area (Å²) < 4.78 is 52.9. The fourth-order valence-corrected chi connectivity index (χ4v) is 5.55. The Kier molecular flexibility index (Phi) is 9.52. The quantitative estimate of drug-likeness (QED) is 0.207. The molecule has 0 amide bonds. The van der Waals surface area contributed by atoms with Crippen molar-refractivity contribution < 1.29 is 41.9 Å². The highest BCUT2D eigenvalue weighted by Gasteiger charge is 2.54. The van der Waals surface area contributed by atoms with E-state index in [0.717, 1.165) is 12.7 Å². The van der Waals surface area contributed by atoms with E-state index in [1.165, 1.54) is 13.4 Å². The summed E-state index contributed by atoms with van der Waals surface area (Å²) in [6.45, 7) is 12.6. The van der Waals surface area contributed by atoms with Gasteiger partial charge in [-0.3, -0.25) is 13.6 Å². The number of nitrogens with one attached hydrogen (secondary N) is 1. The minimum absolute atomic E-state index is 0.0521. The third-order valence-electron chi connectivity index (χ3n) is 7.47. The number of ether oxygens (including phenoxy) is 4. The first-order valence-electron chi connectivity index (χ1n) is 13.0. The summed E-state index contributed by atoms with van der Waals surface area (Å²) in [6, 6.07) is 0. The average molecular weight is 602 g/mol. The molecule has 2 aliphatic rings. The fraction of sp³-hybridized carbons (Fsp3) is 0.708. The molecule has 2 aromatic heterocycles. The van der Waals surface area contributed by atoms with Crippen molar-refractivity contribution >= 4 is 33.1 Å². The van der Waals surface area contributed by atoms with Gasteiger partial charge in [-0.25, -0.2) is 19.5 Å². The Balaban J connectivity index is 1.49. The Morgan fingerprint density at radius 1 is 1.20 bits per heavy atom. The number of phosphoric ester groups is 1. The lowest BCUT2D eigenvalue weighted by Gasteiger charge is -2.37. The van der Waals surface area contributed by atoms with Crippen molar-refractivity contribution in [1.29, 1.82) is 0 Å². The molecular formula is C24H40N5O9PSi. The summed E-state index contributed by atoms with van der Waals surface area (Å²) in [5.41, 5.74) is 1.84. The number of imidazole rings is 1. The summed E-state index contributed by atoms with van der Waals surface area (Å²) in [6.07, 6.45) is 3.11. The molecule has 0 aromatic carbocycles. The van der Waals surface area contributed by atoms with Crippen molar-refractivity contribution in [3.05, 3.63) is 24.3 Å². The lowest BCUT2D eigenvalue weighted by atomic mass is 10.1. The summed E-state index contributed by atoms with van der Waals surface area (Å²) in [5.74, 6) is 0.518. The molecule has 40 heavy (non-hydrogen) atoms. The topological polar surface area (TPSA) is 158 Å². The molecule has 224 valence electrons. The molecule has 4 heterocycles. The van der Waals surface area contributed by atoms with Gasteiger partial charge in [-0.2, -0.15) is 0 Å². The number of nitrogens with zero attached hydrogens (tertiary/aromatic N) is 4. The van der Waals surface area contributed by atoms with Gasteiger partial charge < -0.3 is 33.6 Å². The van der Waals surface area contributed by atoms with Gasteiger partial charge in [0.15, 0.2) is 31.5 Å². The Hall–Kier alpha value is -1.78. The van der Waals surface area contributed by atoms with Crippen molar-refractivity contribution in [2.24, 2.45) is 0 Å². The van der Waals surface area contributed by atoms with Gasteiger partial charge in [-0.15, -0.1) is 0 Å². The highest BCUT2D eigenvalue weighted by Crippen LogP contribution is 2.43. The maximum atomic E-state index is 11.5. The second kappa shape index (κ2) is 12.2. The number of rotatable bonds is 12. The Morgan fingerprint density at radius 2 is 1.93 bits per heavy atom. The zero-order chi connectivity index (χ0) is 29.3. The monoisotopic (exact) mass is 601 g/mol. The summed E-state index contributed by atoms with van der Waals surface area (Å²) in [5, 5.41) is 3.26. The third-order valence-corrected chi connectivity index (χ3v) is 12.9. The van der Waals surface area contributed by atoms with Gasteiger partial charge in [0.25, 0.3) is 6.48 Å². The van der Waals surface area contributed by atoms with Crippen molar-refractivity contribution in [3.63, 3.8) is 0 Å². The smallest absolute Gasteiger partial charge is 0.414 e. The largest absolute Gasteiger partial charge is 0.472 e. The summed E-state index contributed by atoms with van der Waals surface area (Å²) in [4.78, 5) is 22.7. The zero-order valence-corrected chi connectivity index (χ0v) is 26.1. The van der Waals surface area contributed by atoms with E-state index < -0.39 is 34.9 Å². The predicted molar refractivity (Wildman–Crippen MR) is 148 cm³/mol. The van der Waals surface area contributed by atoms with Crippen LogP contribution in [0.3, 0.4) is 0 Å². The van der Waals surface area contributed by atoms with Crippen LogP contribution in [-0.2, 0) is 37.0 Å². The molecule has 0 aliphatic carbocycles. The SMILES string of the molecule is COC1O[C@@H]2[C@H](O1)[C@@H](CO[Si](C)(C)C(C)(C)C)O[C@H]2n1cnc2c(NC/C=C(\C)COP(=O)(O)OC)ncnc21. The van der Waals surface area contributed by atoms with Crippen LogP contribution >= 0.6 is 7.82 Å². The van der Waals surface area contributed by atoms with E-state index in [1.54, 1.807) is 13.3 Å². The lowest BCUT2D eigenvalue weighted by Crippen LogP contribution is -2.44. The van der Waals surface area contributed by atoms with E-state index in [1.807, 2.05) is 10.6 Å².